The molecule has 12 nitrogen and oxygen atoms in total. The fourth-order valence-electron chi connectivity index (χ4n) is 2.75. The largest absolute Gasteiger partial charge is 0.480 e. The van der Waals surface area contributed by atoms with Crippen molar-refractivity contribution >= 4 is 35.7 Å². The second kappa shape index (κ2) is 7.20. The second-order valence-electron chi connectivity index (χ2n) is 5.80. The number of aromatic amines is 1. The van der Waals surface area contributed by atoms with E-state index < -0.39 is 42.1 Å². The molecule has 2 aromatic heterocycles. The molecule has 0 radical (unpaired) electrons. The van der Waals surface area contributed by atoms with Crippen LogP contribution in [0, 0.1) is 0 Å². The molecule has 5 atom stereocenters. The highest BCUT2D eigenvalue weighted by atomic mass is 32.1. The van der Waals surface area contributed by atoms with E-state index in [0.29, 0.717) is 0 Å². The van der Waals surface area contributed by atoms with E-state index in [1.807, 2.05) is 0 Å². The number of carboxylic acids is 1. The summed E-state index contributed by atoms with van der Waals surface area (Å²) in [5, 5.41) is 32.2. The summed E-state index contributed by atoms with van der Waals surface area (Å²) in [6, 6.07) is -0.931. The van der Waals surface area contributed by atoms with Gasteiger partial charge in [0, 0.05) is 12.3 Å². The highest BCUT2D eigenvalue weighted by Crippen LogP contribution is 2.30. The van der Waals surface area contributed by atoms with Crippen molar-refractivity contribution in [2.24, 2.45) is 0 Å². The summed E-state index contributed by atoms with van der Waals surface area (Å²) in [5.41, 5.74) is 5.09. The number of nitrogen functional groups attached to an aromatic ring is 1. The molecule has 1 aliphatic heterocycles. The fourth-order valence-corrected chi connectivity index (χ4v) is 3.03. The number of nitrogens with one attached hydrogen (secondary N) is 2. The van der Waals surface area contributed by atoms with E-state index in [1.165, 1.54) is 10.9 Å². The van der Waals surface area contributed by atoms with Crippen molar-refractivity contribution in [1.82, 2.24) is 24.8 Å². The van der Waals surface area contributed by atoms with Crippen molar-refractivity contribution < 1.29 is 24.9 Å². The lowest BCUT2D eigenvalue weighted by Crippen LogP contribution is -2.45. The zero-order chi connectivity index (χ0) is 19.0. The highest BCUT2D eigenvalue weighted by Gasteiger charge is 2.44. The van der Waals surface area contributed by atoms with Gasteiger partial charge in [0.25, 0.3) is 5.56 Å². The van der Waals surface area contributed by atoms with Crippen molar-refractivity contribution in [3.05, 3.63) is 16.7 Å². The number of hydrogen-bond acceptors (Lipinski definition) is 10. The van der Waals surface area contributed by atoms with Gasteiger partial charge in [0.15, 0.2) is 17.4 Å². The van der Waals surface area contributed by atoms with Gasteiger partial charge in [-0.05, 0) is 0 Å². The van der Waals surface area contributed by atoms with Crippen LogP contribution in [0.4, 0.5) is 5.95 Å². The summed E-state index contributed by atoms with van der Waals surface area (Å²) >= 11 is 3.94. The number of imidazole rings is 1. The molecule has 0 spiro atoms. The maximum Gasteiger partial charge on any atom is 0.321 e. The maximum atomic E-state index is 11.8. The van der Waals surface area contributed by atoms with E-state index in [9.17, 15) is 19.8 Å². The van der Waals surface area contributed by atoms with E-state index in [-0.39, 0.29) is 29.4 Å². The Morgan fingerprint density at radius 2 is 2.23 bits per heavy atom. The molecule has 0 bridgehead atoms. The highest BCUT2D eigenvalue weighted by molar-refractivity contribution is 7.80. The normalized spacial score (nSPS) is 27.0. The van der Waals surface area contributed by atoms with Crippen LogP contribution in [0.25, 0.3) is 11.2 Å². The number of H-pyrrole nitrogens is 1. The topological polar surface area (TPSA) is 189 Å². The average molecular weight is 386 g/mol. The number of anilines is 1. The first-order valence-electron chi connectivity index (χ1n) is 7.64. The molecule has 0 aliphatic carbocycles. The van der Waals surface area contributed by atoms with Crippen LogP contribution >= 0.6 is 12.6 Å². The number of aliphatic carboxylic acids is 1. The van der Waals surface area contributed by atoms with Crippen LogP contribution in [0.3, 0.4) is 0 Å². The lowest BCUT2D eigenvalue weighted by molar-refractivity contribution is -0.139. The number of rotatable bonds is 6. The molecule has 0 aromatic carbocycles. The van der Waals surface area contributed by atoms with Crippen LogP contribution in [0.5, 0.6) is 0 Å². The molecule has 0 unspecified atom stereocenters. The van der Waals surface area contributed by atoms with Gasteiger partial charge in [-0.2, -0.15) is 17.6 Å². The van der Waals surface area contributed by atoms with Gasteiger partial charge in [-0.25, -0.2) is 4.98 Å². The minimum Gasteiger partial charge on any atom is -0.480 e. The van der Waals surface area contributed by atoms with Gasteiger partial charge in [-0.1, -0.05) is 0 Å². The Morgan fingerprint density at radius 3 is 2.88 bits per heavy atom. The average Bonchev–Trinajstić information content (AvgIpc) is 3.11. The van der Waals surface area contributed by atoms with Crippen molar-refractivity contribution in [3.63, 3.8) is 0 Å². The number of ether oxygens (including phenoxy) is 1. The SMILES string of the molecule is Nc1nc2c(ncn2[C@@H]2O[C@H](CN[C@@H](CS)C(=O)O)[C@@H](O)[C@H]2O)c(=O)[nH]1. The summed E-state index contributed by atoms with van der Waals surface area (Å²) in [6.07, 6.45) is -3.36. The first kappa shape index (κ1) is 18.6. The summed E-state index contributed by atoms with van der Waals surface area (Å²) < 4.78 is 6.94. The Hall–Kier alpha value is -2.19. The third-order valence-corrected chi connectivity index (χ3v) is 4.47. The van der Waals surface area contributed by atoms with E-state index in [1.54, 1.807) is 0 Å². The number of thiol groups is 1. The second-order valence-corrected chi connectivity index (χ2v) is 6.17. The smallest absolute Gasteiger partial charge is 0.321 e. The van der Waals surface area contributed by atoms with Crippen LogP contribution in [0.1, 0.15) is 6.23 Å². The molecule has 0 saturated carbocycles. The predicted octanol–water partition coefficient (Wildman–Crippen LogP) is -2.71. The summed E-state index contributed by atoms with van der Waals surface area (Å²) in [6.45, 7) is -0.0327. The van der Waals surface area contributed by atoms with Gasteiger partial charge in [-0.3, -0.25) is 19.1 Å². The van der Waals surface area contributed by atoms with Crippen LogP contribution in [-0.4, -0.2) is 77.5 Å². The number of carboxylic acid groups (broad SMARTS) is 1. The number of fused-ring (bicyclic) bond motifs is 1. The number of aromatic nitrogens is 4. The van der Waals surface area contributed by atoms with E-state index in [0.717, 1.165) is 0 Å². The number of nitrogens with zero attached hydrogens (tertiary/aromatic N) is 3. The van der Waals surface area contributed by atoms with Crippen LogP contribution in [-0.2, 0) is 9.53 Å². The molecule has 1 fully saturated rings. The van der Waals surface area contributed by atoms with Crippen molar-refractivity contribution in [1.29, 1.82) is 0 Å². The van der Waals surface area contributed by atoms with Gasteiger partial charge in [0.05, 0.1) is 6.33 Å². The molecule has 7 N–H and O–H groups in total. The monoisotopic (exact) mass is 386 g/mol. The van der Waals surface area contributed by atoms with Crippen molar-refractivity contribution in [3.8, 4) is 0 Å². The Balaban J connectivity index is 1.82. The van der Waals surface area contributed by atoms with E-state index in [2.05, 4.69) is 32.9 Å². The lowest BCUT2D eigenvalue weighted by Gasteiger charge is -2.18. The molecule has 13 heteroatoms. The standard InChI is InChI=1S/C13H18N6O6S/c14-13-17-9-6(10(22)18-13)16-3-19(9)11-8(21)7(20)5(25-11)1-15-4(2-26)12(23)24/h3-5,7-8,11,15,20-21,26H,1-2H2,(H,23,24)(H3,14,17,18,22)/t4-,5+,7+,8+,11+/m0/s1. The molecule has 1 aliphatic rings. The zero-order valence-corrected chi connectivity index (χ0v) is 14.2. The summed E-state index contributed by atoms with van der Waals surface area (Å²) in [5.74, 6) is -1.18. The third-order valence-electron chi connectivity index (χ3n) is 4.11. The van der Waals surface area contributed by atoms with Crippen LogP contribution in [0.2, 0.25) is 0 Å². The molecule has 0 amide bonds. The minimum atomic E-state index is -1.35. The van der Waals surface area contributed by atoms with Gasteiger partial charge in [0.2, 0.25) is 5.95 Å². The first-order valence-corrected chi connectivity index (χ1v) is 8.27. The van der Waals surface area contributed by atoms with Gasteiger partial charge in [-0.15, -0.1) is 0 Å². The molecular weight excluding hydrogens is 368 g/mol. The minimum absolute atomic E-state index is 0.00656. The predicted molar refractivity (Wildman–Crippen MR) is 91.8 cm³/mol. The molecule has 26 heavy (non-hydrogen) atoms. The van der Waals surface area contributed by atoms with E-state index in [4.69, 9.17) is 15.6 Å². The molecule has 1 saturated heterocycles. The lowest BCUT2D eigenvalue weighted by atomic mass is 10.1. The number of hydrogen-bond donors (Lipinski definition) is 7. The first-order chi connectivity index (χ1) is 12.3. The number of carbonyl (C=O) groups is 1. The number of nitrogens with two attached hydrogens (primary N) is 1. The fraction of sp³-hybridized carbons (Fsp3) is 0.538. The van der Waals surface area contributed by atoms with E-state index >= 15 is 0 Å². The summed E-state index contributed by atoms with van der Waals surface area (Å²) in [4.78, 5) is 33.1. The molecule has 3 rings (SSSR count). The van der Waals surface area contributed by atoms with Crippen LogP contribution < -0.4 is 16.6 Å². The van der Waals surface area contributed by atoms with Crippen molar-refractivity contribution in [2.45, 2.75) is 30.6 Å². The van der Waals surface area contributed by atoms with Gasteiger partial charge < -0.3 is 31.1 Å². The number of aliphatic hydroxyl groups is 2. The quantitative estimate of drug-likeness (QED) is 0.257. The Kier molecular flexibility index (Phi) is 5.15. The maximum absolute atomic E-state index is 11.8. The number of aliphatic hydroxyl groups excluding tert-OH is 2. The van der Waals surface area contributed by atoms with Crippen molar-refractivity contribution in [2.75, 3.05) is 18.0 Å². The Bertz CT molecular complexity index is 870. The molecular formula is C13H18N6O6S. The zero-order valence-electron chi connectivity index (χ0n) is 13.3. The van der Waals surface area contributed by atoms with Gasteiger partial charge in [0.1, 0.15) is 24.4 Å². The Labute approximate surface area is 151 Å². The molecule has 142 valence electrons. The van der Waals surface area contributed by atoms with Crippen LogP contribution in [0.15, 0.2) is 11.1 Å². The third kappa shape index (κ3) is 3.26. The Morgan fingerprint density at radius 1 is 1.50 bits per heavy atom. The summed E-state index contributed by atoms with van der Waals surface area (Å²) in [7, 11) is 0. The molecule has 2 aromatic rings. The van der Waals surface area contributed by atoms with Gasteiger partial charge >= 0.3 is 5.97 Å². The molecule has 3 heterocycles.